The van der Waals surface area contributed by atoms with Crippen LogP contribution in [0.5, 0.6) is 5.75 Å². The molecule has 0 aliphatic carbocycles. The molecule has 0 unspecified atom stereocenters. The molecule has 1 aliphatic heterocycles. The van der Waals surface area contributed by atoms with E-state index in [0.29, 0.717) is 5.75 Å². The molecule has 1 heterocycles. The van der Waals surface area contributed by atoms with Gasteiger partial charge in [-0.25, -0.2) is 0 Å². The molecule has 0 bridgehead atoms. The normalized spacial score (nSPS) is 15.8. The summed E-state index contributed by atoms with van der Waals surface area (Å²) in [5.74, 6) is 0.466. The van der Waals surface area contributed by atoms with E-state index >= 15 is 0 Å². The Balaban J connectivity index is 0.000000980. The Kier molecular flexibility index (Phi) is 3.96. The van der Waals surface area contributed by atoms with E-state index in [1.807, 2.05) is 6.07 Å². The van der Waals surface area contributed by atoms with Gasteiger partial charge in [0.15, 0.2) is 0 Å². The molecule has 0 fully saturated rings. The lowest BCUT2D eigenvalue weighted by atomic mass is 9.99. The molecule has 2 nitrogen and oxygen atoms in total. The van der Waals surface area contributed by atoms with Crippen LogP contribution in [0.15, 0.2) is 18.2 Å². The topological polar surface area (TPSA) is 23.5 Å². The van der Waals surface area contributed by atoms with Crippen LogP contribution in [0.2, 0.25) is 0 Å². The van der Waals surface area contributed by atoms with E-state index in [4.69, 9.17) is 0 Å². The van der Waals surface area contributed by atoms with E-state index in [1.165, 1.54) is 5.56 Å². The van der Waals surface area contributed by atoms with E-state index in [-0.39, 0.29) is 17.0 Å². The van der Waals surface area contributed by atoms with Crippen molar-refractivity contribution in [3.8, 4) is 5.75 Å². The summed E-state index contributed by atoms with van der Waals surface area (Å²) in [6.45, 7) is 5.32. The maximum absolute atomic E-state index is 9.60. The number of nitrogens with zero attached hydrogens (tertiary/aromatic N) is 1. The van der Waals surface area contributed by atoms with E-state index in [0.717, 1.165) is 31.6 Å². The molecule has 1 aliphatic rings. The summed E-state index contributed by atoms with van der Waals surface area (Å²) < 4.78 is 0. The molecular formula is C11H16BrNO. The molecule has 0 saturated carbocycles. The van der Waals surface area contributed by atoms with Gasteiger partial charge in [-0.1, -0.05) is 19.1 Å². The predicted molar refractivity (Wildman–Crippen MR) is 63.1 cm³/mol. The lowest BCUT2D eigenvalue weighted by Gasteiger charge is -2.27. The lowest BCUT2D eigenvalue weighted by molar-refractivity contribution is 0.265. The van der Waals surface area contributed by atoms with Crippen LogP contribution in [0.25, 0.3) is 0 Å². The zero-order valence-corrected chi connectivity index (χ0v) is 10.1. The fourth-order valence-corrected chi connectivity index (χ4v) is 1.92. The van der Waals surface area contributed by atoms with Crippen LogP contribution >= 0.6 is 17.0 Å². The minimum absolute atomic E-state index is 0. The first-order chi connectivity index (χ1) is 6.31. The van der Waals surface area contributed by atoms with Gasteiger partial charge in [-0.15, -0.1) is 17.0 Å². The van der Waals surface area contributed by atoms with Crippen LogP contribution < -0.4 is 0 Å². The fraction of sp³-hybridized carbons (Fsp3) is 0.455. The average molecular weight is 258 g/mol. The zero-order valence-electron chi connectivity index (χ0n) is 8.36. The average Bonchev–Trinajstić information content (AvgIpc) is 2.18. The van der Waals surface area contributed by atoms with Gasteiger partial charge < -0.3 is 5.11 Å². The summed E-state index contributed by atoms with van der Waals surface area (Å²) in [6, 6.07) is 5.81. The first-order valence-electron chi connectivity index (χ1n) is 4.83. The molecule has 0 saturated heterocycles. The van der Waals surface area contributed by atoms with Crippen molar-refractivity contribution < 1.29 is 5.11 Å². The first-order valence-corrected chi connectivity index (χ1v) is 4.83. The van der Waals surface area contributed by atoms with Gasteiger partial charge in [-0.3, -0.25) is 4.90 Å². The van der Waals surface area contributed by atoms with Crippen molar-refractivity contribution in [1.29, 1.82) is 0 Å². The van der Waals surface area contributed by atoms with Crippen LogP contribution in [-0.2, 0) is 13.0 Å². The second-order valence-electron chi connectivity index (χ2n) is 3.53. The number of phenols is 1. The molecule has 2 rings (SSSR count). The van der Waals surface area contributed by atoms with Crippen molar-refractivity contribution in [2.75, 3.05) is 13.1 Å². The molecule has 78 valence electrons. The Bertz CT molecular complexity index is 314. The van der Waals surface area contributed by atoms with Crippen molar-refractivity contribution in [3.63, 3.8) is 0 Å². The molecular weight excluding hydrogens is 242 g/mol. The van der Waals surface area contributed by atoms with Gasteiger partial charge in [-0.2, -0.15) is 0 Å². The summed E-state index contributed by atoms with van der Waals surface area (Å²) in [5.41, 5.74) is 2.43. The monoisotopic (exact) mass is 257 g/mol. The van der Waals surface area contributed by atoms with E-state index in [1.54, 1.807) is 6.07 Å². The van der Waals surface area contributed by atoms with E-state index in [2.05, 4.69) is 17.9 Å². The SMILES string of the molecule is Br.CCN1CCc2c(O)cccc2C1. The highest BCUT2D eigenvalue weighted by Gasteiger charge is 2.16. The van der Waals surface area contributed by atoms with Gasteiger partial charge in [0.05, 0.1) is 0 Å². The van der Waals surface area contributed by atoms with Gasteiger partial charge in [0, 0.05) is 13.1 Å². The summed E-state index contributed by atoms with van der Waals surface area (Å²) >= 11 is 0. The number of fused-ring (bicyclic) bond motifs is 1. The number of hydrogen-bond acceptors (Lipinski definition) is 2. The smallest absolute Gasteiger partial charge is 0.119 e. The Morgan fingerprint density at radius 2 is 2.21 bits per heavy atom. The summed E-state index contributed by atoms with van der Waals surface area (Å²) in [6.07, 6.45) is 0.982. The molecule has 1 N–H and O–H groups in total. The minimum Gasteiger partial charge on any atom is -0.508 e. The molecule has 0 amide bonds. The van der Waals surface area contributed by atoms with Crippen LogP contribution in [0.1, 0.15) is 18.1 Å². The number of phenolic OH excluding ortho intramolecular Hbond substituents is 1. The molecule has 14 heavy (non-hydrogen) atoms. The minimum atomic E-state index is 0. The lowest BCUT2D eigenvalue weighted by Crippen LogP contribution is -2.30. The van der Waals surface area contributed by atoms with Crippen molar-refractivity contribution in [1.82, 2.24) is 4.90 Å². The van der Waals surface area contributed by atoms with Crippen molar-refractivity contribution in [2.24, 2.45) is 0 Å². The molecule has 0 aromatic heterocycles. The summed E-state index contributed by atoms with van der Waals surface area (Å²) in [5, 5.41) is 9.60. The van der Waals surface area contributed by atoms with Crippen molar-refractivity contribution >= 4 is 17.0 Å². The maximum atomic E-state index is 9.60. The predicted octanol–water partition coefficient (Wildman–Crippen LogP) is 2.35. The molecule has 1 aromatic carbocycles. The fourth-order valence-electron chi connectivity index (χ4n) is 1.92. The number of aromatic hydroxyl groups is 1. The number of rotatable bonds is 1. The van der Waals surface area contributed by atoms with Crippen LogP contribution in [0.3, 0.4) is 0 Å². The molecule has 0 atom stereocenters. The first kappa shape index (κ1) is 11.5. The van der Waals surface area contributed by atoms with Gasteiger partial charge in [-0.05, 0) is 30.2 Å². The van der Waals surface area contributed by atoms with Gasteiger partial charge in [0.2, 0.25) is 0 Å². The van der Waals surface area contributed by atoms with Crippen molar-refractivity contribution in [3.05, 3.63) is 29.3 Å². The van der Waals surface area contributed by atoms with Gasteiger partial charge >= 0.3 is 0 Å². The van der Waals surface area contributed by atoms with E-state index in [9.17, 15) is 5.11 Å². The molecule has 0 radical (unpaired) electrons. The third kappa shape index (κ3) is 2.10. The third-order valence-electron chi connectivity index (χ3n) is 2.77. The quantitative estimate of drug-likeness (QED) is 0.835. The van der Waals surface area contributed by atoms with Crippen molar-refractivity contribution in [2.45, 2.75) is 19.9 Å². The molecule has 1 aromatic rings. The highest BCUT2D eigenvalue weighted by atomic mass is 79.9. The maximum Gasteiger partial charge on any atom is 0.119 e. The number of likely N-dealkylation sites (N-methyl/N-ethyl adjacent to an activating group) is 1. The van der Waals surface area contributed by atoms with Crippen LogP contribution in [-0.4, -0.2) is 23.1 Å². The standard InChI is InChI=1S/C11H15NO.BrH/c1-2-12-7-6-10-9(8-12)4-3-5-11(10)13;/h3-5,13H,2,6-8H2,1H3;1H. The summed E-state index contributed by atoms with van der Waals surface area (Å²) in [4.78, 5) is 2.39. The number of benzene rings is 1. The van der Waals surface area contributed by atoms with Crippen LogP contribution in [0, 0.1) is 0 Å². The van der Waals surface area contributed by atoms with Gasteiger partial charge in [0.1, 0.15) is 5.75 Å². The second-order valence-corrected chi connectivity index (χ2v) is 3.53. The zero-order chi connectivity index (χ0) is 9.26. The third-order valence-corrected chi connectivity index (χ3v) is 2.77. The van der Waals surface area contributed by atoms with E-state index < -0.39 is 0 Å². The van der Waals surface area contributed by atoms with Gasteiger partial charge in [0.25, 0.3) is 0 Å². The highest BCUT2D eigenvalue weighted by molar-refractivity contribution is 8.93. The second kappa shape index (κ2) is 4.80. The summed E-state index contributed by atoms with van der Waals surface area (Å²) in [7, 11) is 0. The largest absolute Gasteiger partial charge is 0.508 e. The Morgan fingerprint density at radius 1 is 1.43 bits per heavy atom. The molecule has 0 spiro atoms. The molecule has 3 heteroatoms. The Labute approximate surface area is 95.3 Å². The van der Waals surface area contributed by atoms with Crippen LogP contribution in [0.4, 0.5) is 0 Å². The number of hydrogen-bond donors (Lipinski definition) is 1. The number of halogens is 1. The Hall–Kier alpha value is -0.540. The Morgan fingerprint density at radius 3 is 2.93 bits per heavy atom. The highest BCUT2D eigenvalue weighted by Crippen LogP contribution is 2.26.